The molecule has 0 saturated carbocycles. The predicted octanol–water partition coefficient (Wildman–Crippen LogP) is 1.50. The van der Waals surface area contributed by atoms with Crippen molar-refractivity contribution in [1.82, 2.24) is 9.62 Å². The molecular weight excluding hydrogens is 454 g/mol. The van der Waals surface area contributed by atoms with Crippen LogP contribution >= 0.6 is 0 Å². The molecule has 0 bridgehead atoms. The van der Waals surface area contributed by atoms with Crippen LogP contribution in [0, 0.1) is 13.8 Å². The van der Waals surface area contributed by atoms with E-state index in [4.69, 9.17) is 4.74 Å². The summed E-state index contributed by atoms with van der Waals surface area (Å²) in [6.45, 7) is 4.74. The zero-order valence-electron chi connectivity index (χ0n) is 18.0. The fourth-order valence-electron chi connectivity index (χ4n) is 3.28. The van der Waals surface area contributed by atoms with Crippen LogP contribution in [-0.4, -0.2) is 65.6 Å². The number of amides is 1. The number of rotatable bonds is 8. The molecule has 1 fully saturated rings. The summed E-state index contributed by atoms with van der Waals surface area (Å²) in [5, 5.41) is 2.58. The van der Waals surface area contributed by atoms with Crippen molar-refractivity contribution in [2.45, 2.75) is 18.7 Å². The molecule has 0 atom stereocenters. The van der Waals surface area contributed by atoms with Crippen molar-refractivity contribution >= 4 is 31.6 Å². The van der Waals surface area contributed by atoms with E-state index in [1.807, 2.05) is 13.0 Å². The van der Waals surface area contributed by atoms with Gasteiger partial charge in [0.2, 0.25) is 10.0 Å². The highest BCUT2D eigenvalue weighted by atomic mass is 32.2. The fraction of sp³-hybridized carbons (Fsp3) is 0.381. The standard InChI is InChI=1S/C21H27N3O6S2/c1-16-4-3-5-18(14-16)23-32(28,29)19-7-6-17(2)20(15-19)21(25)22-8-13-31(26,27)24-9-11-30-12-10-24/h3-7,14-15,23H,8-13H2,1-2H3,(H,22,25). The molecule has 1 heterocycles. The number of hydrogen-bond acceptors (Lipinski definition) is 6. The van der Waals surface area contributed by atoms with E-state index in [1.165, 1.54) is 16.4 Å². The summed E-state index contributed by atoms with van der Waals surface area (Å²) in [6.07, 6.45) is 0. The molecular formula is C21H27N3O6S2. The maximum atomic E-state index is 12.8. The van der Waals surface area contributed by atoms with Crippen LogP contribution in [0.5, 0.6) is 0 Å². The minimum atomic E-state index is -3.91. The third-order valence-corrected chi connectivity index (χ3v) is 8.29. The molecule has 2 N–H and O–H groups in total. The summed E-state index contributed by atoms with van der Waals surface area (Å²) in [6, 6.07) is 11.2. The van der Waals surface area contributed by atoms with Gasteiger partial charge in [-0.3, -0.25) is 9.52 Å². The van der Waals surface area contributed by atoms with Crippen molar-refractivity contribution in [1.29, 1.82) is 0 Å². The van der Waals surface area contributed by atoms with Crippen molar-refractivity contribution in [3.05, 3.63) is 59.2 Å². The highest BCUT2D eigenvalue weighted by Crippen LogP contribution is 2.20. The minimum absolute atomic E-state index is 0.0595. The van der Waals surface area contributed by atoms with Gasteiger partial charge in [0.1, 0.15) is 0 Å². The molecule has 2 aromatic rings. The number of nitrogens with one attached hydrogen (secondary N) is 2. The van der Waals surface area contributed by atoms with Crippen molar-refractivity contribution in [3.63, 3.8) is 0 Å². The third kappa shape index (κ3) is 6.06. The second kappa shape index (κ2) is 9.99. The Balaban J connectivity index is 1.68. The van der Waals surface area contributed by atoms with Crippen LogP contribution in [-0.2, 0) is 24.8 Å². The monoisotopic (exact) mass is 481 g/mol. The first kappa shape index (κ1) is 24.2. The summed E-state index contributed by atoms with van der Waals surface area (Å²) in [5.41, 5.74) is 2.07. The number of sulfonamides is 2. The fourth-order valence-corrected chi connectivity index (χ4v) is 5.68. The van der Waals surface area contributed by atoms with Crippen molar-refractivity contribution in [3.8, 4) is 0 Å². The van der Waals surface area contributed by atoms with Crippen molar-refractivity contribution in [2.24, 2.45) is 0 Å². The Morgan fingerprint density at radius 1 is 1.03 bits per heavy atom. The Kier molecular flexibility index (Phi) is 7.55. The van der Waals surface area contributed by atoms with E-state index in [2.05, 4.69) is 10.0 Å². The Labute approximate surface area is 188 Å². The first-order valence-electron chi connectivity index (χ1n) is 10.1. The zero-order valence-corrected chi connectivity index (χ0v) is 19.6. The number of anilines is 1. The molecule has 0 aromatic heterocycles. The van der Waals surface area contributed by atoms with E-state index in [1.54, 1.807) is 31.2 Å². The second-order valence-electron chi connectivity index (χ2n) is 7.54. The second-order valence-corrected chi connectivity index (χ2v) is 11.3. The number of nitrogens with zero attached hydrogens (tertiary/aromatic N) is 1. The molecule has 1 saturated heterocycles. The van der Waals surface area contributed by atoms with Gasteiger partial charge >= 0.3 is 0 Å². The van der Waals surface area contributed by atoms with Crippen LogP contribution in [0.3, 0.4) is 0 Å². The summed E-state index contributed by atoms with van der Waals surface area (Å²) in [5.74, 6) is -0.780. The Bertz CT molecular complexity index is 1190. The number of ether oxygens (including phenoxy) is 1. The van der Waals surface area contributed by atoms with Crippen LogP contribution < -0.4 is 10.0 Å². The van der Waals surface area contributed by atoms with Gasteiger partial charge in [-0.2, -0.15) is 4.31 Å². The molecule has 32 heavy (non-hydrogen) atoms. The smallest absolute Gasteiger partial charge is 0.261 e. The average Bonchev–Trinajstić information content (AvgIpc) is 2.74. The summed E-state index contributed by atoms with van der Waals surface area (Å²) < 4.78 is 59.3. The number of benzene rings is 2. The predicted molar refractivity (Wildman–Crippen MR) is 122 cm³/mol. The van der Waals surface area contributed by atoms with E-state index in [-0.39, 0.29) is 22.8 Å². The van der Waals surface area contributed by atoms with Crippen LogP contribution in [0.1, 0.15) is 21.5 Å². The number of carbonyl (C=O) groups excluding carboxylic acids is 1. The highest BCUT2D eigenvalue weighted by molar-refractivity contribution is 7.92. The molecule has 1 amide bonds. The quantitative estimate of drug-likeness (QED) is 0.589. The number of morpholine rings is 1. The number of carbonyl (C=O) groups is 1. The lowest BCUT2D eigenvalue weighted by molar-refractivity contribution is 0.0730. The van der Waals surface area contributed by atoms with E-state index in [9.17, 15) is 21.6 Å². The molecule has 174 valence electrons. The lowest BCUT2D eigenvalue weighted by atomic mass is 10.1. The van der Waals surface area contributed by atoms with Crippen LogP contribution in [0.25, 0.3) is 0 Å². The van der Waals surface area contributed by atoms with Crippen LogP contribution in [0.15, 0.2) is 47.4 Å². The molecule has 0 unspecified atom stereocenters. The lowest BCUT2D eigenvalue weighted by Crippen LogP contribution is -2.43. The van der Waals surface area contributed by atoms with Gasteiger partial charge in [-0.1, -0.05) is 18.2 Å². The topological polar surface area (TPSA) is 122 Å². The van der Waals surface area contributed by atoms with Gasteiger partial charge in [-0.05, 0) is 49.2 Å². The first-order chi connectivity index (χ1) is 15.1. The molecule has 0 aliphatic carbocycles. The Hall–Kier alpha value is -2.47. The van der Waals surface area contributed by atoms with Gasteiger partial charge in [0, 0.05) is 30.9 Å². The Morgan fingerprint density at radius 3 is 2.44 bits per heavy atom. The van der Waals surface area contributed by atoms with E-state index in [0.717, 1.165) is 5.56 Å². The lowest BCUT2D eigenvalue weighted by Gasteiger charge is -2.26. The number of hydrogen-bond donors (Lipinski definition) is 2. The SMILES string of the molecule is Cc1cccc(NS(=O)(=O)c2ccc(C)c(C(=O)NCCS(=O)(=O)N3CCOCC3)c2)c1. The van der Waals surface area contributed by atoms with E-state index in [0.29, 0.717) is 37.6 Å². The van der Waals surface area contributed by atoms with Crippen LogP contribution in [0.4, 0.5) is 5.69 Å². The molecule has 0 radical (unpaired) electrons. The maximum absolute atomic E-state index is 12.8. The summed E-state index contributed by atoms with van der Waals surface area (Å²) in [4.78, 5) is 12.6. The van der Waals surface area contributed by atoms with Gasteiger partial charge in [0.05, 0.1) is 23.9 Å². The van der Waals surface area contributed by atoms with E-state index >= 15 is 0 Å². The van der Waals surface area contributed by atoms with Gasteiger partial charge in [-0.15, -0.1) is 0 Å². The molecule has 11 heteroatoms. The summed E-state index contributed by atoms with van der Waals surface area (Å²) in [7, 11) is -7.41. The van der Waals surface area contributed by atoms with Crippen molar-refractivity contribution in [2.75, 3.05) is 43.3 Å². The third-order valence-electron chi connectivity index (χ3n) is 5.04. The average molecular weight is 482 g/mol. The van der Waals surface area contributed by atoms with Gasteiger partial charge in [0.25, 0.3) is 15.9 Å². The maximum Gasteiger partial charge on any atom is 0.261 e. The molecule has 3 rings (SSSR count). The highest BCUT2D eigenvalue weighted by Gasteiger charge is 2.24. The Morgan fingerprint density at radius 2 is 1.75 bits per heavy atom. The largest absolute Gasteiger partial charge is 0.379 e. The molecule has 0 spiro atoms. The van der Waals surface area contributed by atoms with Crippen LogP contribution in [0.2, 0.25) is 0 Å². The molecule has 2 aromatic carbocycles. The van der Waals surface area contributed by atoms with Gasteiger partial charge in [0.15, 0.2) is 0 Å². The van der Waals surface area contributed by atoms with Crippen molar-refractivity contribution < 1.29 is 26.4 Å². The normalized spacial score (nSPS) is 15.3. The number of aryl methyl sites for hydroxylation is 2. The van der Waals surface area contributed by atoms with Gasteiger partial charge < -0.3 is 10.1 Å². The summed E-state index contributed by atoms with van der Waals surface area (Å²) >= 11 is 0. The zero-order chi connectivity index (χ0) is 23.4. The van der Waals surface area contributed by atoms with Gasteiger partial charge in [-0.25, -0.2) is 16.8 Å². The minimum Gasteiger partial charge on any atom is -0.379 e. The van der Waals surface area contributed by atoms with E-state index < -0.39 is 26.0 Å². The first-order valence-corrected chi connectivity index (χ1v) is 13.2. The molecule has 1 aliphatic rings. The molecule has 1 aliphatic heterocycles. The molecule has 9 nitrogen and oxygen atoms in total.